The van der Waals surface area contributed by atoms with E-state index in [9.17, 15) is 4.79 Å². The van der Waals surface area contributed by atoms with E-state index in [0.717, 1.165) is 51.9 Å². The summed E-state index contributed by atoms with van der Waals surface area (Å²) in [6.45, 7) is 3.79. The minimum absolute atomic E-state index is 0.160. The van der Waals surface area contributed by atoms with Gasteiger partial charge in [0.25, 0.3) is 0 Å². The molecule has 0 saturated carbocycles. The molecule has 1 amide bonds. The van der Waals surface area contributed by atoms with Crippen molar-refractivity contribution in [2.24, 2.45) is 0 Å². The summed E-state index contributed by atoms with van der Waals surface area (Å²) in [4.78, 5) is 23.3. The third-order valence-corrected chi connectivity index (χ3v) is 7.40. The zero-order chi connectivity index (χ0) is 22.2. The van der Waals surface area contributed by atoms with Crippen LogP contribution in [0.2, 0.25) is 5.02 Å². The Balaban J connectivity index is 1.66. The molecule has 0 aliphatic rings. The van der Waals surface area contributed by atoms with Gasteiger partial charge in [0.05, 0.1) is 10.2 Å². The van der Waals surface area contributed by atoms with Gasteiger partial charge in [0.2, 0.25) is 5.91 Å². The zero-order valence-electron chi connectivity index (χ0n) is 18.4. The molecule has 3 rings (SSSR count). The number of thioether (sulfide) groups is 1. The number of hydrogen-bond acceptors (Lipinski definition) is 5. The smallest absolute Gasteiger partial charge is 0.228 e. The molecule has 4 nitrogen and oxygen atoms in total. The summed E-state index contributed by atoms with van der Waals surface area (Å²) in [5, 5.41) is 1.57. The van der Waals surface area contributed by atoms with E-state index in [2.05, 4.69) is 44.1 Å². The number of rotatable bonds is 11. The normalized spacial score (nSPS) is 11.4. The van der Waals surface area contributed by atoms with Gasteiger partial charge in [0.15, 0.2) is 5.13 Å². The Morgan fingerprint density at radius 1 is 1.10 bits per heavy atom. The van der Waals surface area contributed by atoms with E-state index in [1.165, 1.54) is 10.5 Å². The van der Waals surface area contributed by atoms with Crippen LogP contribution in [0.5, 0.6) is 0 Å². The maximum atomic E-state index is 13.2. The molecular formula is C24H30ClN3OS2. The number of thiazole rings is 1. The van der Waals surface area contributed by atoms with Gasteiger partial charge < -0.3 is 4.90 Å². The fourth-order valence-electron chi connectivity index (χ4n) is 3.35. The molecule has 2 aromatic carbocycles. The van der Waals surface area contributed by atoms with Gasteiger partial charge in [-0.2, -0.15) is 0 Å². The maximum absolute atomic E-state index is 13.2. The summed E-state index contributed by atoms with van der Waals surface area (Å²) in [6, 6.07) is 14.1. The molecule has 1 heterocycles. The third kappa shape index (κ3) is 6.94. The van der Waals surface area contributed by atoms with Crippen molar-refractivity contribution >= 4 is 56.0 Å². The van der Waals surface area contributed by atoms with E-state index < -0.39 is 0 Å². The van der Waals surface area contributed by atoms with Gasteiger partial charge in [-0.05, 0) is 81.6 Å². The van der Waals surface area contributed by atoms with Gasteiger partial charge in [-0.25, -0.2) is 4.98 Å². The first-order chi connectivity index (χ1) is 15.0. The second-order valence-corrected chi connectivity index (χ2v) is 10.3. The van der Waals surface area contributed by atoms with E-state index in [4.69, 9.17) is 16.6 Å². The molecule has 1 aromatic heterocycles. The number of carbonyl (C=O) groups is 1. The number of anilines is 1. The van der Waals surface area contributed by atoms with Crippen molar-refractivity contribution in [3.05, 3.63) is 53.1 Å². The van der Waals surface area contributed by atoms with Gasteiger partial charge >= 0.3 is 0 Å². The highest BCUT2D eigenvalue weighted by atomic mass is 35.5. The number of aryl methyl sites for hydroxylation is 1. The van der Waals surface area contributed by atoms with E-state index in [1.54, 1.807) is 23.1 Å². The Hall–Kier alpha value is -1.60. The molecule has 7 heteroatoms. The topological polar surface area (TPSA) is 36.4 Å². The van der Waals surface area contributed by atoms with Crippen molar-refractivity contribution in [2.45, 2.75) is 37.5 Å². The summed E-state index contributed by atoms with van der Waals surface area (Å²) in [5.74, 6) is 1.06. The lowest BCUT2D eigenvalue weighted by Gasteiger charge is -2.21. The molecule has 0 spiro atoms. The average Bonchev–Trinajstić information content (AvgIpc) is 3.19. The Labute approximate surface area is 198 Å². The van der Waals surface area contributed by atoms with Crippen LogP contribution in [0.15, 0.2) is 47.4 Å². The molecule has 0 unspecified atom stereocenters. The summed E-state index contributed by atoms with van der Waals surface area (Å²) in [6.07, 6.45) is 3.23. The standard InChI is InChI=1S/C24H30ClN3OS2/c1-4-18-8-5-9-21-23(18)26-24(31-21)28(16-7-15-27(2)3)22(29)10-6-17-30-20-13-11-19(25)12-14-20/h5,8-9,11-14H,4,6-7,10,15-17H2,1-3H3. The Morgan fingerprint density at radius 2 is 1.87 bits per heavy atom. The van der Waals surface area contributed by atoms with Gasteiger partial charge in [-0.1, -0.05) is 42.0 Å². The van der Waals surface area contributed by atoms with Crippen LogP contribution in [-0.4, -0.2) is 48.7 Å². The SMILES string of the molecule is CCc1cccc2sc(N(CCCN(C)C)C(=O)CCCSc3ccc(Cl)cc3)nc12. The molecule has 0 bridgehead atoms. The molecule has 0 fully saturated rings. The highest BCUT2D eigenvalue weighted by Gasteiger charge is 2.20. The lowest BCUT2D eigenvalue weighted by atomic mass is 10.1. The minimum atomic E-state index is 0.160. The Bertz CT molecular complexity index is 988. The van der Waals surface area contributed by atoms with Crippen molar-refractivity contribution in [1.29, 1.82) is 0 Å². The van der Waals surface area contributed by atoms with E-state index in [-0.39, 0.29) is 5.91 Å². The first-order valence-electron chi connectivity index (χ1n) is 10.7. The molecule has 166 valence electrons. The molecular weight excluding hydrogens is 446 g/mol. The number of halogens is 1. The monoisotopic (exact) mass is 475 g/mol. The van der Waals surface area contributed by atoms with Crippen LogP contribution in [0.3, 0.4) is 0 Å². The number of amides is 1. The molecule has 0 aliphatic heterocycles. The first kappa shape index (κ1) is 24.1. The number of benzene rings is 2. The van der Waals surface area contributed by atoms with Crippen molar-refractivity contribution < 1.29 is 4.79 Å². The molecule has 0 radical (unpaired) electrons. The second-order valence-electron chi connectivity index (χ2n) is 7.72. The van der Waals surface area contributed by atoms with Crippen molar-refractivity contribution in [3.63, 3.8) is 0 Å². The fourth-order valence-corrected chi connectivity index (χ4v) is 5.38. The van der Waals surface area contributed by atoms with Crippen LogP contribution in [0.1, 0.15) is 31.7 Å². The Kier molecular flexibility index (Phi) is 9.20. The minimum Gasteiger partial charge on any atom is -0.309 e. The lowest BCUT2D eigenvalue weighted by Crippen LogP contribution is -2.33. The van der Waals surface area contributed by atoms with Crippen molar-refractivity contribution in [1.82, 2.24) is 9.88 Å². The predicted octanol–water partition coefficient (Wildman–Crippen LogP) is 6.37. The molecule has 0 aliphatic carbocycles. The number of aromatic nitrogens is 1. The summed E-state index contributed by atoms with van der Waals surface area (Å²) in [7, 11) is 4.12. The average molecular weight is 476 g/mol. The van der Waals surface area contributed by atoms with E-state index in [1.807, 2.05) is 29.2 Å². The predicted molar refractivity (Wildman–Crippen MR) is 136 cm³/mol. The van der Waals surface area contributed by atoms with Crippen LogP contribution < -0.4 is 4.90 Å². The quantitative estimate of drug-likeness (QED) is 0.238. The highest BCUT2D eigenvalue weighted by molar-refractivity contribution is 7.99. The number of fused-ring (bicyclic) bond motifs is 1. The van der Waals surface area contributed by atoms with Gasteiger partial charge in [0, 0.05) is 22.9 Å². The molecule has 3 aromatic rings. The summed E-state index contributed by atoms with van der Waals surface area (Å²) in [5.41, 5.74) is 2.27. The van der Waals surface area contributed by atoms with Crippen LogP contribution in [0, 0.1) is 0 Å². The Morgan fingerprint density at radius 3 is 2.58 bits per heavy atom. The summed E-state index contributed by atoms with van der Waals surface area (Å²) >= 11 is 9.33. The number of carbonyl (C=O) groups excluding carboxylic acids is 1. The number of nitrogens with zero attached hydrogens (tertiary/aromatic N) is 3. The summed E-state index contributed by atoms with van der Waals surface area (Å²) < 4.78 is 1.15. The molecule has 0 saturated heterocycles. The fraction of sp³-hybridized carbons (Fsp3) is 0.417. The molecule has 31 heavy (non-hydrogen) atoms. The zero-order valence-corrected chi connectivity index (χ0v) is 20.8. The van der Waals surface area contributed by atoms with Crippen LogP contribution in [0.25, 0.3) is 10.2 Å². The highest BCUT2D eigenvalue weighted by Crippen LogP contribution is 2.32. The lowest BCUT2D eigenvalue weighted by molar-refractivity contribution is -0.118. The van der Waals surface area contributed by atoms with Gasteiger partial charge in [-0.15, -0.1) is 11.8 Å². The van der Waals surface area contributed by atoms with E-state index in [0.29, 0.717) is 13.0 Å². The third-order valence-electron chi connectivity index (χ3n) is 5.01. The van der Waals surface area contributed by atoms with Crippen LogP contribution in [-0.2, 0) is 11.2 Å². The van der Waals surface area contributed by atoms with E-state index >= 15 is 0 Å². The van der Waals surface area contributed by atoms with Gasteiger partial charge in [0.1, 0.15) is 0 Å². The second kappa shape index (κ2) is 11.9. The van der Waals surface area contributed by atoms with Gasteiger partial charge in [-0.3, -0.25) is 9.69 Å². The van der Waals surface area contributed by atoms with Crippen LogP contribution in [0.4, 0.5) is 5.13 Å². The molecule has 0 atom stereocenters. The first-order valence-corrected chi connectivity index (χ1v) is 12.9. The van der Waals surface area contributed by atoms with Crippen molar-refractivity contribution in [3.8, 4) is 0 Å². The number of hydrogen-bond donors (Lipinski definition) is 0. The van der Waals surface area contributed by atoms with Crippen LogP contribution >= 0.6 is 34.7 Å². The molecule has 0 N–H and O–H groups in total. The largest absolute Gasteiger partial charge is 0.309 e. The number of para-hydroxylation sites is 1. The maximum Gasteiger partial charge on any atom is 0.228 e. The van der Waals surface area contributed by atoms with Crippen molar-refractivity contribution in [2.75, 3.05) is 37.8 Å².